The van der Waals surface area contributed by atoms with E-state index in [1.54, 1.807) is 0 Å². The van der Waals surface area contributed by atoms with Crippen molar-refractivity contribution in [1.29, 1.82) is 0 Å². The van der Waals surface area contributed by atoms with Gasteiger partial charge in [0.1, 0.15) is 0 Å². The Labute approximate surface area is 286 Å². The molecule has 0 fully saturated rings. The molecular formula is C46H28S2. The van der Waals surface area contributed by atoms with Gasteiger partial charge < -0.3 is 0 Å². The van der Waals surface area contributed by atoms with Crippen LogP contribution in [0.25, 0.3) is 84.1 Å². The van der Waals surface area contributed by atoms with Gasteiger partial charge in [0.2, 0.25) is 0 Å². The Morgan fingerprint density at radius 2 is 1.04 bits per heavy atom. The fourth-order valence-electron chi connectivity index (χ4n) is 8.61. The van der Waals surface area contributed by atoms with Gasteiger partial charge in [-0.2, -0.15) is 0 Å². The maximum Gasteiger partial charge on any atom is 0.0361 e. The van der Waals surface area contributed by atoms with Crippen LogP contribution in [0, 0.1) is 6.92 Å². The standard InChI is InChI=1S/C46H28S2/c1-26-30-14-5-4-13-29(30)22-38(33-18-10-20-41-45(33)34-17-8-9-19-40(34)47-41)44(26)46-32-16-7-6-15-31(32)35-24-37-36-21-27-11-2-3-12-28(27)23-42(36)48-43(37)25-39(35)46/h2-25,46H,1H3. The van der Waals surface area contributed by atoms with E-state index in [0.717, 1.165) is 0 Å². The Morgan fingerprint density at radius 3 is 1.94 bits per heavy atom. The number of fused-ring (bicyclic) bond motifs is 11. The molecule has 48 heavy (non-hydrogen) atoms. The van der Waals surface area contributed by atoms with Crippen LogP contribution in [0.4, 0.5) is 0 Å². The number of rotatable bonds is 2. The highest BCUT2D eigenvalue weighted by atomic mass is 32.1. The van der Waals surface area contributed by atoms with E-state index in [1.165, 1.54) is 106 Å². The fourth-order valence-corrected chi connectivity index (χ4v) is 10.9. The molecule has 1 aliphatic rings. The summed E-state index contributed by atoms with van der Waals surface area (Å²) in [7, 11) is 0. The van der Waals surface area contributed by atoms with E-state index in [4.69, 9.17) is 0 Å². The Bertz CT molecular complexity index is 2970. The van der Waals surface area contributed by atoms with Crippen molar-refractivity contribution in [3.8, 4) is 22.3 Å². The average molecular weight is 645 g/mol. The summed E-state index contributed by atoms with van der Waals surface area (Å²) in [6.07, 6.45) is 0. The van der Waals surface area contributed by atoms with Crippen LogP contribution < -0.4 is 0 Å². The van der Waals surface area contributed by atoms with E-state index in [-0.39, 0.29) is 5.92 Å². The second-order valence-corrected chi connectivity index (χ2v) is 15.4. The van der Waals surface area contributed by atoms with Crippen LogP contribution in [0.2, 0.25) is 0 Å². The minimum atomic E-state index is 0.129. The molecule has 0 radical (unpaired) electrons. The minimum Gasteiger partial charge on any atom is -0.135 e. The first kappa shape index (κ1) is 26.8. The smallest absolute Gasteiger partial charge is 0.0361 e. The first-order chi connectivity index (χ1) is 23.7. The van der Waals surface area contributed by atoms with Crippen molar-refractivity contribution in [2.45, 2.75) is 12.8 Å². The number of hydrogen-bond donors (Lipinski definition) is 0. The topological polar surface area (TPSA) is 0 Å². The van der Waals surface area contributed by atoms with Crippen molar-refractivity contribution in [2.24, 2.45) is 0 Å². The first-order valence-corrected chi connectivity index (χ1v) is 18.3. The van der Waals surface area contributed by atoms with Crippen LogP contribution in [0.1, 0.15) is 28.2 Å². The van der Waals surface area contributed by atoms with Crippen molar-refractivity contribution < 1.29 is 0 Å². The maximum atomic E-state index is 2.53. The SMILES string of the molecule is Cc1c(C2c3ccccc3-c3cc4c(cc32)sc2cc3ccccc3cc24)c(-c2cccc3sc4ccccc4c23)cc2ccccc12. The Balaban J connectivity index is 1.25. The summed E-state index contributed by atoms with van der Waals surface area (Å²) in [5, 5.41) is 10.7. The van der Waals surface area contributed by atoms with Crippen LogP contribution in [-0.2, 0) is 0 Å². The summed E-state index contributed by atoms with van der Waals surface area (Å²) in [6.45, 7) is 2.36. The number of hydrogen-bond acceptors (Lipinski definition) is 2. The monoisotopic (exact) mass is 644 g/mol. The highest BCUT2D eigenvalue weighted by Crippen LogP contribution is 2.55. The summed E-state index contributed by atoms with van der Waals surface area (Å²) in [5.41, 5.74) is 11.0. The number of benzene rings is 8. The molecule has 0 spiro atoms. The zero-order chi connectivity index (χ0) is 31.5. The van der Waals surface area contributed by atoms with E-state index in [0.29, 0.717) is 0 Å². The molecule has 10 aromatic rings. The van der Waals surface area contributed by atoms with E-state index >= 15 is 0 Å². The van der Waals surface area contributed by atoms with Crippen LogP contribution >= 0.6 is 22.7 Å². The molecule has 0 saturated carbocycles. The molecule has 0 nitrogen and oxygen atoms in total. The van der Waals surface area contributed by atoms with Gasteiger partial charge in [0.15, 0.2) is 0 Å². The van der Waals surface area contributed by atoms with Crippen LogP contribution in [0.15, 0.2) is 146 Å². The predicted octanol–water partition coefficient (Wildman–Crippen LogP) is 13.9. The van der Waals surface area contributed by atoms with Crippen LogP contribution in [0.3, 0.4) is 0 Å². The highest BCUT2D eigenvalue weighted by molar-refractivity contribution is 7.26. The predicted molar refractivity (Wildman–Crippen MR) is 210 cm³/mol. The van der Waals surface area contributed by atoms with Gasteiger partial charge in [-0.15, -0.1) is 22.7 Å². The van der Waals surface area contributed by atoms with E-state index in [1.807, 2.05) is 22.7 Å². The van der Waals surface area contributed by atoms with Gasteiger partial charge in [-0.25, -0.2) is 0 Å². The summed E-state index contributed by atoms with van der Waals surface area (Å²) < 4.78 is 5.41. The third-order valence-electron chi connectivity index (χ3n) is 10.7. The Kier molecular flexibility index (Phi) is 5.50. The van der Waals surface area contributed by atoms with Gasteiger partial charge in [0, 0.05) is 46.3 Å². The molecule has 224 valence electrons. The summed E-state index contributed by atoms with van der Waals surface area (Å²) in [6, 6.07) is 54.9. The second kappa shape index (κ2) is 9.87. The van der Waals surface area contributed by atoms with Crippen molar-refractivity contribution in [3.05, 3.63) is 168 Å². The molecule has 0 amide bonds. The summed E-state index contributed by atoms with van der Waals surface area (Å²) >= 11 is 3.83. The van der Waals surface area contributed by atoms with Crippen LogP contribution in [-0.4, -0.2) is 0 Å². The average Bonchev–Trinajstić information content (AvgIpc) is 3.78. The summed E-state index contributed by atoms with van der Waals surface area (Å²) in [4.78, 5) is 0. The maximum absolute atomic E-state index is 2.53. The van der Waals surface area contributed by atoms with E-state index < -0.39 is 0 Å². The number of thiophene rings is 2. The Morgan fingerprint density at radius 1 is 0.396 bits per heavy atom. The quantitative estimate of drug-likeness (QED) is 0.176. The lowest BCUT2D eigenvalue weighted by molar-refractivity contribution is 1.01. The van der Waals surface area contributed by atoms with Gasteiger partial charge in [-0.3, -0.25) is 0 Å². The van der Waals surface area contributed by atoms with Gasteiger partial charge in [0.25, 0.3) is 0 Å². The fraction of sp³-hybridized carbons (Fsp3) is 0.0435. The molecule has 11 rings (SSSR count). The third kappa shape index (κ3) is 3.65. The third-order valence-corrected chi connectivity index (χ3v) is 13.0. The lowest BCUT2D eigenvalue weighted by atomic mass is 9.79. The molecule has 1 unspecified atom stereocenters. The largest absolute Gasteiger partial charge is 0.135 e. The molecule has 1 atom stereocenters. The second-order valence-electron chi connectivity index (χ2n) is 13.2. The van der Waals surface area contributed by atoms with Crippen LogP contribution in [0.5, 0.6) is 0 Å². The highest BCUT2D eigenvalue weighted by Gasteiger charge is 2.34. The van der Waals surface area contributed by atoms with E-state index in [2.05, 4.69) is 153 Å². The van der Waals surface area contributed by atoms with Crippen molar-refractivity contribution in [2.75, 3.05) is 0 Å². The van der Waals surface area contributed by atoms with Gasteiger partial charge in [-0.1, -0.05) is 103 Å². The van der Waals surface area contributed by atoms with Crippen molar-refractivity contribution >= 4 is 84.6 Å². The van der Waals surface area contributed by atoms with Crippen molar-refractivity contribution in [1.82, 2.24) is 0 Å². The number of aryl methyl sites for hydroxylation is 1. The molecule has 2 aromatic heterocycles. The molecule has 8 aromatic carbocycles. The first-order valence-electron chi connectivity index (χ1n) is 16.6. The Hall–Kier alpha value is -5.28. The zero-order valence-electron chi connectivity index (χ0n) is 26.3. The lowest BCUT2D eigenvalue weighted by Gasteiger charge is -2.24. The molecule has 0 saturated heterocycles. The van der Waals surface area contributed by atoms with Crippen molar-refractivity contribution in [3.63, 3.8) is 0 Å². The summed E-state index contributed by atoms with van der Waals surface area (Å²) in [5.74, 6) is 0.129. The zero-order valence-corrected chi connectivity index (χ0v) is 27.9. The molecule has 1 aliphatic carbocycles. The molecule has 0 bridgehead atoms. The van der Waals surface area contributed by atoms with Gasteiger partial charge in [0.05, 0.1) is 0 Å². The lowest BCUT2D eigenvalue weighted by Crippen LogP contribution is -2.05. The minimum absolute atomic E-state index is 0.129. The van der Waals surface area contributed by atoms with Gasteiger partial charge in [-0.05, 0) is 115 Å². The molecular weight excluding hydrogens is 617 g/mol. The molecule has 2 heterocycles. The van der Waals surface area contributed by atoms with Gasteiger partial charge >= 0.3 is 0 Å². The molecule has 2 heteroatoms. The molecule has 0 aliphatic heterocycles. The normalized spacial score (nSPS) is 14.1. The van der Waals surface area contributed by atoms with E-state index in [9.17, 15) is 0 Å². The molecule has 0 N–H and O–H groups in total.